The van der Waals surface area contributed by atoms with E-state index in [-0.39, 0.29) is 17.0 Å². The average molecular weight is 472 g/mol. The predicted molar refractivity (Wildman–Crippen MR) is 134 cm³/mol. The molecule has 0 bridgehead atoms. The molecule has 1 aromatic carbocycles. The van der Waals surface area contributed by atoms with E-state index in [0.717, 1.165) is 37.9 Å². The monoisotopic (exact) mass is 471 g/mol. The van der Waals surface area contributed by atoms with Crippen LogP contribution in [0.25, 0.3) is 5.70 Å². The molecule has 0 unspecified atom stereocenters. The maximum absolute atomic E-state index is 13.1. The van der Waals surface area contributed by atoms with Crippen molar-refractivity contribution in [1.82, 2.24) is 9.55 Å². The van der Waals surface area contributed by atoms with E-state index in [2.05, 4.69) is 29.0 Å². The molecule has 6 nitrogen and oxygen atoms in total. The number of aromatic nitrogens is 2. The molecule has 1 aliphatic heterocycles. The van der Waals surface area contributed by atoms with Crippen molar-refractivity contribution < 1.29 is 0 Å². The lowest BCUT2D eigenvalue weighted by molar-refractivity contribution is 0.187. The van der Waals surface area contributed by atoms with E-state index in [0.29, 0.717) is 40.8 Å². The number of hydrogen-bond acceptors (Lipinski definition) is 5. The van der Waals surface area contributed by atoms with Crippen LogP contribution in [0.15, 0.2) is 45.7 Å². The predicted octanol–water partition coefficient (Wildman–Crippen LogP) is 4.03. The molecule has 2 heterocycles. The van der Waals surface area contributed by atoms with Crippen molar-refractivity contribution in [1.29, 1.82) is 5.26 Å². The van der Waals surface area contributed by atoms with Gasteiger partial charge < -0.3 is 10.6 Å². The van der Waals surface area contributed by atoms with Crippen molar-refractivity contribution in [2.45, 2.75) is 45.1 Å². The minimum atomic E-state index is -0.179. The number of halogens is 1. The Bertz CT molecular complexity index is 1380. The molecule has 5 rings (SSSR count). The molecule has 2 N–H and O–H groups in total. The van der Waals surface area contributed by atoms with Crippen LogP contribution in [0.2, 0.25) is 0 Å². The number of allylic oxidation sites excluding steroid dienone is 4. The van der Waals surface area contributed by atoms with E-state index in [1.54, 1.807) is 12.1 Å². The van der Waals surface area contributed by atoms with Gasteiger partial charge in [0, 0.05) is 36.5 Å². The fourth-order valence-corrected chi connectivity index (χ4v) is 6.01. The Balaban J connectivity index is 1.38. The van der Waals surface area contributed by atoms with Gasteiger partial charge >= 0.3 is 0 Å². The second kappa shape index (κ2) is 8.47. The van der Waals surface area contributed by atoms with Crippen molar-refractivity contribution >= 4 is 23.1 Å². The van der Waals surface area contributed by atoms with Gasteiger partial charge in [0.25, 0.3) is 5.56 Å². The maximum atomic E-state index is 13.1. The fraction of sp³-hybridized carbons (Fsp3) is 0.370. The summed E-state index contributed by atoms with van der Waals surface area (Å²) < 4.78 is 1.54. The van der Waals surface area contributed by atoms with E-state index >= 15 is 0 Å². The molecule has 2 aromatic rings. The summed E-state index contributed by atoms with van der Waals surface area (Å²) in [5, 5.41) is 9.63. The van der Waals surface area contributed by atoms with E-state index in [1.165, 1.54) is 15.7 Å². The zero-order valence-electron chi connectivity index (χ0n) is 19.1. The number of anilines is 1. The smallest absolute Gasteiger partial charge is 0.259 e. The summed E-state index contributed by atoms with van der Waals surface area (Å²) in [5.41, 5.74) is 11.0. The third-order valence-corrected chi connectivity index (χ3v) is 8.04. The van der Waals surface area contributed by atoms with Gasteiger partial charge in [0.1, 0.15) is 17.7 Å². The molecular weight excluding hydrogens is 446 g/mol. The lowest BCUT2D eigenvalue weighted by atomic mass is 9.73. The Morgan fingerprint density at radius 3 is 2.74 bits per heavy atom. The maximum Gasteiger partial charge on any atom is 0.259 e. The molecule has 172 valence electrons. The minimum absolute atomic E-state index is 0.0105. The number of hydrogen-bond donors (Lipinski definition) is 1. The highest BCUT2D eigenvalue weighted by atomic mass is 35.5. The SMILES string of the molecule is C#Cc1ccc2c(c1)[C@@H](N)C1(CCN(c3cc(=O)n(C4=C(Cl)C(C#N)=CCC4)c(C)n3)CC1)C2. The molecule has 0 saturated carbocycles. The molecule has 1 saturated heterocycles. The molecule has 1 atom stereocenters. The first-order valence-corrected chi connectivity index (χ1v) is 11.9. The third kappa shape index (κ3) is 3.55. The molecule has 3 aliphatic rings. The average Bonchev–Trinajstić information content (AvgIpc) is 3.10. The van der Waals surface area contributed by atoms with Crippen LogP contribution >= 0.6 is 11.6 Å². The Labute approximate surface area is 204 Å². The zero-order chi connectivity index (χ0) is 24.0. The van der Waals surface area contributed by atoms with Crippen molar-refractivity contribution in [3.63, 3.8) is 0 Å². The number of piperidine rings is 1. The number of aryl methyl sites for hydroxylation is 1. The van der Waals surface area contributed by atoms with Gasteiger partial charge in [-0.15, -0.1) is 6.42 Å². The van der Waals surface area contributed by atoms with E-state index < -0.39 is 0 Å². The van der Waals surface area contributed by atoms with Crippen molar-refractivity contribution in [3.8, 4) is 18.4 Å². The lowest BCUT2D eigenvalue weighted by Gasteiger charge is -2.42. The first-order chi connectivity index (χ1) is 16.4. The number of benzene rings is 1. The molecular formula is C27H26ClN5O. The van der Waals surface area contributed by atoms with Crippen molar-refractivity contribution in [2.75, 3.05) is 18.0 Å². The normalized spacial score (nSPS) is 21.1. The molecule has 34 heavy (non-hydrogen) atoms. The highest BCUT2D eigenvalue weighted by Crippen LogP contribution is 2.51. The van der Waals surface area contributed by atoms with E-state index in [4.69, 9.17) is 28.7 Å². The van der Waals surface area contributed by atoms with Gasteiger partial charge in [0.15, 0.2) is 0 Å². The summed E-state index contributed by atoms with van der Waals surface area (Å²) in [6.45, 7) is 3.37. The molecule has 2 aliphatic carbocycles. The van der Waals surface area contributed by atoms with Crippen LogP contribution in [0.4, 0.5) is 5.82 Å². The Kier molecular flexibility index (Phi) is 5.60. The summed E-state index contributed by atoms with van der Waals surface area (Å²) in [6.07, 6.45) is 11.5. The summed E-state index contributed by atoms with van der Waals surface area (Å²) in [6, 6.07) is 9.81. The Hall–Kier alpha value is -3.32. The second-order valence-corrected chi connectivity index (χ2v) is 9.80. The fourth-order valence-electron chi connectivity index (χ4n) is 5.71. The summed E-state index contributed by atoms with van der Waals surface area (Å²) in [7, 11) is 0. The first-order valence-electron chi connectivity index (χ1n) is 11.6. The van der Waals surface area contributed by atoms with Crippen LogP contribution in [0.3, 0.4) is 0 Å². The Morgan fingerprint density at radius 1 is 1.29 bits per heavy atom. The quantitative estimate of drug-likeness (QED) is 0.668. The molecule has 1 aromatic heterocycles. The number of nitrogens with two attached hydrogens (primary N) is 1. The van der Waals surface area contributed by atoms with Crippen LogP contribution in [0.5, 0.6) is 0 Å². The van der Waals surface area contributed by atoms with Gasteiger partial charge in [-0.1, -0.05) is 29.7 Å². The van der Waals surface area contributed by atoms with Gasteiger partial charge in [-0.25, -0.2) is 4.98 Å². The van der Waals surface area contributed by atoms with Crippen molar-refractivity contribution in [2.24, 2.45) is 11.1 Å². The standard InChI is InChI=1S/C27H26ClN5O/c1-3-18-7-8-19-15-27(26(30)21(19)13-18)9-11-32(12-10-27)23-14-24(34)33(17(2)31-23)22-6-4-5-20(16-29)25(22)28/h1,5,7-8,13-14,26H,4,6,9-12,15,30H2,2H3/t26-/m1/s1. The number of terminal acetylenes is 1. The topological polar surface area (TPSA) is 87.9 Å². The van der Waals surface area contributed by atoms with E-state index in [9.17, 15) is 10.1 Å². The number of nitrogens with zero attached hydrogens (tertiary/aromatic N) is 4. The molecule has 7 heteroatoms. The van der Waals surface area contributed by atoms with Crippen LogP contribution in [-0.4, -0.2) is 22.6 Å². The number of nitriles is 1. The highest BCUT2D eigenvalue weighted by Gasteiger charge is 2.46. The van der Waals surface area contributed by atoms with Crippen LogP contribution in [0.1, 0.15) is 54.2 Å². The van der Waals surface area contributed by atoms with Gasteiger partial charge in [-0.05, 0) is 67.7 Å². The Morgan fingerprint density at radius 2 is 2.06 bits per heavy atom. The first kappa shape index (κ1) is 22.5. The minimum Gasteiger partial charge on any atom is -0.356 e. The van der Waals surface area contributed by atoms with Crippen molar-refractivity contribution in [3.05, 3.63) is 73.8 Å². The molecule has 0 radical (unpaired) electrons. The van der Waals surface area contributed by atoms with E-state index in [1.807, 2.05) is 13.0 Å². The third-order valence-electron chi connectivity index (χ3n) is 7.62. The van der Waals surface area contributed by atoms with Crippen LogP contribution in [-0.2, 0) is 6.42 Å². The van der Waals surface area contributed by atoms with Crippen LogP contribution in [0, 0.1) is 36.0 Å². The summed E-state index contributed by atoms with van der Waals surface area (Å²) in [5.74, 6) is 3.96. The second-order valence-electron chi connectivity index (χ2n) is 9.43. The summed E-state index contributed by atoms with van der Waals surface area (Å²) >= 11 is 6.42. The van der Waals surface area contributed by atoms with Gasteiger partial charge in [-0.3, -0.25) is 9.36 Å². The molecule has 0 amide bonds. The van der Waals surface area contributed by atoms with Crippen LogP contribution < -0.4 is 16.2 Å². The van der Waals surface area contributed by atoms with Gasteiger partial charge in [0.05, 0.1) is 10.6 Å². The molecule has 1 spiro atoms. The highest BCUT2D eigenvalue weighted by molar-refractivity contribution is 6.35. The zero-order valence-corrected chi connectivity index (χ0v) is 19.9. The van der Waals surface area contributed by atoms with Gasteiger partial charge in [-0.2, -0.15) is 5.26 Å². The summed E-state index contributed by atoms with van der Waals surface area (Å²) in [4.78, 5) is 20.0. The van der Waals surface area contributed by atoms with Gasteiger partial charge in [0.2, 0.25) is 0 Å². The number of rotatable bonds is 2. The molecule has 1 fully saturated rings. The lowest BCUT2D eigenvalue weighted by Crippen LogP contribution is -2.45. The number of fused-ring (bicyclic) bond motifs is 1. The largest absolute Gasteiger partial charge is 0.356 e.